The Morgan fingerprint density at radius 2 is 1.95 bits per heavy atom. The van der Waals surface area contributed by atoms with Crippen LogP contribution in [0.15, 0.2) is 18.2 Å². The van der Waals surface area contributed by atoms with Crippen LogP contribution in [-0.4, -0.2) is 29.8 Å². The van der Waals surface area contributed by atoms with Crippen molar-refractivity contribution >= 4 is 11.4 Å². The van der Waals surface area contributed by atoms with Crippen LogP contribution in [0.5, 0.6) is 5.75 Å². The predicted octanol–water partition coefficient (Wildman–Crippen LogP) is 3.20. The van der Waals surface area contributed by atoms with Crippen molar-refractivity contribution in [2.75, 3.05) is 25.1 Å². The number of aliphatic hydroxyl groups is 1. The van der Waals surface area contributed by atoms with Crippen molar-refractivity contribution in [3.8, 4) is 5.75 Å². The van der Waals surface area contributed by atoms with Crippen molar-refractivity contribution < 1.29 is 14.8 Å². The summed E-state index contributed by atoms with van der Waals surface area (Å²) in [5.41, 5.74) is 0.412. The number of nitrogens with one attached hydrogen (secondary N) is 1. The second kappa shape index (κ2) is 7.83. The molecule has 0 aromatic heterocycles. The Morgan fingerprint density at radius 1 is 1.29 bits per heavy atom. The fraction of sp³-hybridized carbons (Fsp3) is 0.600. The Hall–Kier alpha value is -1.82. The van der Waals surface area contributed by atoms with Crippen molar-refractivity contribution in [3.05, 3.63) is 28.3 Å². The average molecular weight is 296 g/mol. The van der Waals surface area contributed by atoms with Crippen LogP contribution in [0.1, 0.15) is 33.6 Å². The minimum absolute atomic E-state index is 0.00829. The molecule has 1 rings (SSSR count). The topological polar surface area (TPSA) is 84.6 Å². The molecule has 0 aliphatic rings. The van der Waals surface area contributed by atoms with Gasteiger partial charge in [-0.3, -0.25) is 10.1 Å². The van der Waals surface area contributed by atoms with Crippen molar-refractivity contribution in [3.63, 3.8) is 0 Å². The molecule has 0 atom stereocenters. The van der Waals surface area contributed by atoms with Gasteiger partial charge < -0.3 is 15.2 Å². The van der Waals surface area contributed by atoms with Gasteiger partial charge in [0.1, 0.15) is 5.75 Å². The van der Waals surface area contributed by atoms with Gasteiger partial charge in [-0.05, 0) is 19.8 Å². The zero-order valence-electron chi connectivity index (χ0n) is 12.9. The maximum absolute atomic E-state index is 11.0. The van der Waals surface area contributed by atoms with Gasteiger partial charge in [0.05, 0.1) is 24.2 Å². The normalized spacial score (nSPS) is 11.2. The molecule has 0 saturated heterocycles. The summed E-state index contributed by atoms with van der Waals surface area (Å²) < 4.78 is 5.35. The van der Waals surface area contributed by atoms with E-state index in [1.54, 1.807) is 6.07 Å². The molecule has 0 bridgehead atoms. The lowest BCUT2D eigenvalue weighted by Crippen LogP contribution is -2.32. The van der Waals surface area contributed by atoms with E-state index in [0.29, 0.717) is 24.6 Å². The Morgan fingerprint density at radius 3 is 2.43 bits per heavy atom. The lowest BCUT2D eigenvalue weighted by Gasteiger charge is -2.30. The van der Waals surface area contributed by atoms with E-state index < -0.39 is 4.92 Å². The van der Waals surface area contributed by atoms with E-state index in [0.717, 1.165) is 12.8 Å². The Kier molecular flexibility index (Phi) is 6.42. The molecule has 6 heteroatoms. The van der Waals surface area contributed by atoms with Crippen LogP contribution < -0.4 is 10.1 Å². The number of benzene rings is 1. The molecule has 0 aliphatic carbocycles. The molecule has 1 aromatic rings. The van der Waals surface area contributed by atoms with E-state index in [-0.39, 0.29) is 17.7 Å². The van der Waals surface area contributed by atoms with E-state index in [4.69, 9.17) is 4.74 Å². The molecule has 2 N–H and O–H groups in total. The Balaban J connectivity index is 2.93. The summed E-state index contributed by atoms with van der Waals surface area (Å²) >= 11 is 0. The molecular weight excluding hydrogens is 272 g/mol. The van der Waals surface area contributed by atoms with E-state index in [1.807, 2.05) is 20.8 Å². The van der Waals surface area contributed by atoms with Crippen molar-refractivity contribution in [2.24, 2.45) is 5.41 Å². The molecule has 0 amide bonds. The summed E-state index contributed by atoms with van der Waals surface area (Å²) in [6, 6.07) is 4.63. The van der Waals surface area contributed by atoms with Crippen LogP contribution in [0.4, 0.5) is 11.4 Å². The van der Waals surface area contributed by atoms with E-state index in [1.165, 1.54) is 12.1 Å². The number of anilines is 1. The molecule has 0 aliphatic heterocycles. The lowest BCUT2D eigenvalue weighted by atomic mass is 9.83. The molecule has 0 unspecified atom stereocenters. The maximum Gasteiger partial charge on any atom is 0.275 e. The summed E-state index contributed by atoms with van der Waals surface area (Å²) in [6.45, 7) is 6.98. The number of hydrogen-bond acceptors (Lipinski definition) is 5. The van der Waals surface area contributed by atoms with Crippen LogP contribution in [0, 0.1) is 15.5 Å². The highest BCUT2D eigenvalue weighted by Gasteiger charge is 2.25. The molecule has 6 nitrogen and oxygen atoms in total. The van der Waals surface area contributed by atoms with Crippen LogP contribution in [-0.2, 0) is 0 Å². The number of nitrogens with zero attached hydrogens (tertiary/aromatic N) is 1. The number of ether oxygens (including phenoxy) is 1. The van der Waals surface area contributed by atoms with E-state index in [2.05, 4.69) is 5.32 Å². The highest BCUT2D eigenvalue weighted by molar-refractivity contribution is 5.56. The SMILES string of the molecule is CCOc1cc(NCC(CC)(CC)CO)cc([N+](=O)[O-])c1. The first kappa shape index (κ1) is 17.2. The third kappa shape index (κ3) is 4.60. The minimum atomic E-state index is -0.438. The molecule has 0 saturated carbocycles. The summed E-state index contributed by atoms with van der Waals surface area (Å²) in [5, 5.41) is 23.7. The van der Waals surface area contributed by atoms with Crippen molar-refractivity contribution in [1.82, 2.24) is 0 Å². The molecule has 118 valence electrons. The van der Waals surface area contributed by atoms with Gasteiger partial charge in [0.15, 0.2) is 0 Å². The molecule has 0 spiro atoms. The molecule has 0 radical (unpaired) electrons. The van der Waals surface area contributed by atoms with Crippen LogP contribution in [0.25, 0.3) is 0 Å². The fourth-order valence-electron chi connectivity index (χ4n) is 2.11. The van der Waals surface area contributed by atoms with Gasteiger partial charge >= 0.3 is 0 Å². The third-order valence-electron chi connectivity index (χ3n) is 3.92. The Bertz CT molecular complexity index is 464. The Labute approximate surface area is 125 Å². The maximum atomic E-state index is 11.0. The molecule has 0 fully saturated rings. The van der Waals surface area contributed by atoms with Crippen molar-refractivity contribution in [1.29, 1.82) is 0 Å². The zero-order valence-corrected chi connectivity index (χ0v) is 12.9. The number of nitro groups is 1. The second-order valence-corrected chi connectivity index (χ2v) is 5.12. The number of rotatable bonds is 9. The number of non-ortho nitro benzene ring substituents is 1. The quantitative estimate of drug-likeness (QED) is 0.540. The van der Waals surface area contributed by atoms with E-state index >= 15 is 0 Å². The lowest BCUT2D eigenvalue weighted by molar-refractivity contribution is -0.384. The highest BCUT2D eigenvalue weighted by atomic mass is 16.6. The van der Waals surface area contributed by atoms with Crippen LogP contribution in [0.3, 0.4) is 0 Å². The smallest absolute Gasteiger partial charge is 0.275 e. The minimum Gasteiger partial charge on any atom is -0.494 e. The van der Waals surface area contributed by atoms with Crippen molar-refractivity contribution in [2.45, 2.75) is 33.6 Å². The summed E-state index contributed by atoms with van der Waals surface area (Å²) in [6.07, 6.45) is 1.67. The average Bonchev–Trinajstić information content (AvgIpc) is 2.49. The third-order valence-corrected chi connectivity index (χ3v) is 3.92. The molecular formula is C15H24N2O4. The van der Waals surface area contributed by atoms with E-state index in [9.17, 15) is 15.2 Å². The number of aliphatic hydroxyl groups excluding tert-OH is 1. The summed E-state index contributed by atoms with van der Waals surface area (Å²) in [4.78, 5) is 10.5. The van der Waals surface area contributed by atoms with Gasteiger partial charge in [0.2, 0.25) is 0 Å². The monoisotopic (exact) mass is 296 g/mol. The number of hydrogen-bond donors (Lipinski definition) is 2. The largest absolute Gasteiger partial charge is 0.494 e. The summed E-state index contributed by atoms with van der Waals surface area (Å²) in [5.74, 6) is 0.469. The fourth-order valence-corrected chi connectivity index (χ4v) is 2.11. The first-order chi connectivity index (χ1) is 10.00. The molecule has 21 heavy (non-hydrogen) atoms. The van der Waals surface area contributed by atoms with Gasteiger partial charge in [-0.2, -0.15) is 0 Å². The first-order valence-electron chi connectivity index (χ1n) is 7.27. The zero-order chi connectivity index (χ0) is 15.9. The molecule has 1 aromatic carbocycles. The van der Waals surface area contributed by atoms with Crippen LogP contribution in [0.2, 0.25) is 0 Å². The summed E-state index contributed by atoms with van der Waals surface area (Å²) in [7, 11) is 0. The van der Waals surface area contributed by atoms with Gasteiger partial charge in [-0.15, -0.1) is 0 Å². The van der Waals surface area contributed by atoms with Gasteiger partial charge in [-0.1, -0.05) is 13.8 Å². The number of nitro benzene ring substituents is 1. The highest BCUT2D eigenvalue weighted by Crippen LogP contribution is 2.29. The van der Waals surface area contributed by atoms with Crippen LogP contribution >= 0.6 is 0 Å². The second-order valence-electron chi connectivity index (χ2n) is 5.12. The first-order valence-corrected chi connectivity index (χ1v) is 7.27. The van der Waals surface area contributed by atoms with Gasteiger partial charge in [0.25, 0.3) is 5.69 Å². The molecule has 0 heterocycles. The standard InChI is InChI=1S/C15H24N2O4/c1-4-15(5-2,11-18)10-16-12-7-13(17(19)20)9-14(8-12)21-6-3/h7-9,16,18H,4-6,10-11H2,1-3H3. The van der Waals surface area contributed by atoms with Gasteiger partial charge in [-0.25, -0.2) is 0 Å². The predicted molar refractivity (Wildman–Crippen MR) is 82.9 cm³/mol. The van der Waals surface area contributed by atoms with Gasteiger partial charge in [0, 0.05) is 29.8 Å².